The maximum Gasteiger partial charge on any atom is 0.394 e. The summed E-state index contributed by atoms with van der Waals surface area (Å²) in [5.74, 6) is -0.463. The van der Waals surface area contributed by atoms with E-state index in [9.17, 15) is 26.4 Å². The maximum absolute atomic E-state index is 13.3. The summed E-state index contributed by atoms with van der Waals surface area (Å²) in [7, 11) is -3.09. The Morgan fingerprint density at radius 1 is 1.21 bits per heavy atom. The number of sulfone groups is 1. The van der Waals surface area contributed by atoms with E-state index in [0.717, 1.165) is 13.8 Å². The Kier molecular flexibility index (Phi) is 8.91. The van der Waals surface area contributed by atoms with Crippen molar-refractivity contribution < 1.29 is 26.4 Å². The van der Waals surface area contributed by atoms with Gasteiger partial charge in [-0.2, -0.15) is 18.3 Å². The summed E-state index contributed by atoms with van der Waals surface area (Å²) in [5.41, 5.74) is -0.850. The molecule has 1 aromatic carbocycles. The van der Waals surface area contributed by atoms with E-state index in [1.54, 1.807) is 12.1 Å². The molecule has 38 heavy (non-hydrogen) atoms. The lowest BCUT2D eigenvalue weighted by molar-refractivity contribution is -0.211. The Balaban J connectivity index is 1.79. The molecule has 0 unspecified atom stereocenters. The van der Waals surface area contributed by atoms with Crippen LogP contribution in [0, 0.1) is 10.8 Å². The summed E-state index contributed by atoms with van der Waals surface area (Å²) in [6, 6.07) is 4.66. The van der Waals surface area contributed by atoms with Crippen molar-refractivity contribution in [2.24, 2.45) is 10.8 Å². The van der Waals surface area contributed by atoms with Gasteiger partial charge in [-0.15, -0.1) is 0 Å². The van der Waals surface area contributed by atoms with Crippen molar-refractivity contribution in [1.82, 2.24) is 15.1 Å². The van der Waals surface area contributed by atoms with Crippen LogP contribution in [-0.4, -0.2) is 48.3 Å². The first-order valence-corrected chi connectivity index (χ1v) is 15.2. The Morgan fingerprint density at radius 2 is 1.82 bits per heavy atom. The average Bonchev–Trinajstić information content (AvgIpc) is 3.12. The standard InChI is InChI=1S/C26H34Cl2F3N3O3S/c1-6-34-22(18-8-7-16(13-19(18)27)14-24(2,3)26(29,30)31)20(28)21(33-34)23(35)32-15-25(4)11-9-17(10-12-25)38(5,36)37/h7-8,13,17H,6,9-12,14-15H2,1-5H3,(H,32,35)/t17-,25-. The first kappa shape index (κ1) is 30.8. The molecular formula is C26H34Cl2F3N3O3S. The zero-order valence-corrected chi connectivity index (χ0v) is 24.5. The van der Waals surface area contributed by atoms with Crippen LogP contribution in [0.5, 0.6) is 0 Å². The third kappa shape index (κ3) is 6.67. The first-order chi connectivity index (χ1) is 17.4. The van der Waals surface area contributed by atoms with E-state index >= 15 is 0 Å². The number of rotatable bonds is 8. The molecule has 2 aromatic rings. The number of alkyl halides is 3. The van der Waals surface area contributed by atoms with E-state index in [1.165, 1.54) is 17.0 Å². The molecule has 1 fully saturated rings. The lowest BCUT2D eigenvalue weighted by atomic mass is 9.75. The molecule has 212 valence electrons. The molecule has 0 saturated heterocycles. The van der Waals surface area contributed by atoms with E-state index in [0.29, 0.717) is 55.6 Å². The lowest BCUT2D eigenvalue weighted by Crippen LogP contribution is -2.40. The van der Waals surface area contributed by atoms with E-state index in [1.807, 2.05) is 13.8 Å². The normalized spacial score (nSPS) is 20.9. The van der Waals surface area contributed by atoms with E-state index in [-0.39, 0.29) is 32.8 Å². The molecule has 0 spiro atoms. The molecule has 3 rings (SSSR count). The van der Waals surface area contributed by atoms with Crippen LogP contribution in [0.3, 0.4) is 0 Å². The third-order valence-corrected chi connectivity index (χ3v) is 9.89. The number of carbonyl (C=O) groups is 1. The maximum atomic E-state index is 13.3. The number of carbonyl (C=O) groups excluding carboxylic acids is 1. The van der Waals surface area contributed by atoms with E-state index in [2.05, 4.69) is 10.4 Å². The third-order valence-electron chi connectivity index (χ3n) is 7.53. The number of hydrogen-bond donors (Lipinski definition) is 1. The second kappa shape index (κ2) is 11.0. The van der Waals surface area contributed by atoms with Gasteiger partial charge < -0.3 is 5.32 Å². The van der Waals surface area contributed by atoms with Gasteiger partial charge in [-0.05, 0) is 56.1 Å². The van der Waals surface area contributed by atoms with Crippen LogP contribution < -0.4 is 5.32 Å². The molecule has 0 atom stereocenters. The molecule has 0 radical (unpaired) electrons. The number of nitrogens with zero attached hydrogens (tertiary/aromatic N) is 2. The molecule has 1 aliphatic carbocycles. The number of benzene rings is 1. The fourth-order valence-corrected chi connectivity index (χ4v) is 6.52. The predicted molar refractivity (Wildman–Crippen MR) is 144 cm³/mol. The number of halogens is 5. The van der Waals surface area contributed by atoms with Crippen LogP contribution in [0.1, 0.15) is 69.4 Å². The second-order valence-corrected chi connectivity index (χ2v) is 14.3. The van der Waals surface area contributed by atoms with Crippen molar-refractivity contribution >= 4 is 38.9 Å². The molecule has 1 N–H and O–H groups in total. The zero-order valence-electron chi connectivity index (χ0n) is 22.2. The Bertz CT molecular complexity index is 1300. The highest BCUT2D eigenvalue weighted by atomic mass is 35.5. The first-order valence-electron chi connectivity index (χ1n) is 12.5. The molecule has 12 heteroatoms. The highest BCUT2D eigenvalue weighted by Gasteiger charge is 2.47. The van der Waals surface area contributed by atoms with Crippen molar-refractivity contribution in [2.75, 3.05) is 12.8 Å². The number of amides is 1. The molecule has 1 heterocycles. The van der Waals surface area contributed by atoms with Gasteiger partial charge in [0.1, 0.15) is 9.84 Å². The molecule has 1 aliphatic rings. The predicted octanol–water partition coefficient (Wildman–Crippen LogP) is 6.73. The molecule has 1 amide bonds. The van der Waals surface area contributed by atoms with Crippen LogP contribution in [0.2, 0.25) is 10.0 Å². The summed E-state index contributed by atoms with van der Waals surface area (Å²) in [6.45, 7) is 6.85. The van der Waals surface area contributed by atoms with E-state index < -0.39 is 27.3 Å². The fourth-order valence-electron chi connectivity index (χ4n) is 4.81. The number of aromatic nitrogens is 2. The number of hydrogen-bond acceptors (Lipinski definition) is 4. The number of nitrogens with one attached hydrogen (secondary N) is 1. The minimum atomic E-state index is -4.37. The molecule has 6 nitrogen and oxygen atoms in total. The van der Waals surface area contributed by atoms with Gasteiger partial charge in [0, 0.05) is 24.9 Å². The van der Waals surface area contributed by atoms with Crippen LogP contribution in [0.25, 0.3) is 11.3 Å². The Labute approximate surface area is 232 Å². The quantitative estimate of drug-likeness (QED) is 0.367. The van der Waals surface area contributed by atoms with Crippen LogP contribution >= 0.6 is 23.2 Å². The smallest absolute Gasteiger partial charge is 0.350 e. The zero-order chi connectivity index (χ0) is 28.7. The minimum absolute atomic E-state index is 0.0234. The van der Waals surface area contributed by atoms with Gasteiger partial charge in [-0.1, -0.05) is 56.1 Å². The van der Waals surface area contributed by atoms with Gasteiger partial charge in [0.15, 0.2) is 5.69 Å². The molecule has 0 bridgehead atoms. The summed E-state index contributed by atoms with van der Waals surface area (Å²) < 4.78 is 65.3. The molecule has 1 aromatic heterocycles. The fraction of sp³-hybridized carbons (Fsp3) is 0.615. The second-order valence-electron chi connectivity index (χ2n) is 11.2. The number of aryl methyl sites for hydroxylation is 1. The monoisotopic (exact) mass is 595 g/mol. The Morgan fingerprint density at radius 3 is 2.32 bits per heavy atom. The van der Waals surface area contributed by atoms with Gasteiger partial charge in [-0.3, -0.25) is 9.48 Å². The molecule has 1 saturated carbocycles. The van der Waals surface area contributed by atoms with Gasteiger partial charge in [0.05, 0.1) is 26.4 Å². The topological polar surface area (TPSA) is 81.1 Å². The van der Waals surface area contributed by atoms with Crippen LogP contribution in [0.4, 0.5) is 13.2 Å². The minimum Gasteiger partial charge on any atom is -0.350 e. The van der Waals surface area contributed by atoms with Crippen LogP contribution in [0.15, 0.2) is 18.2 Å². The summed E-state index contributed by atoms with van der Waals surface area (Å²) in [5, 5.41) is 7.23. The van der Waals surface area contributed by atoms with Gasteiger partial charge in [-0.25, -0.2) is 8.42 Å². The van der Waals surface area contributed by atoms with Crippen molar-refractivity contribution in [2.45, 2.75) is 77.8 Å². The largest absolute Gasteiger partial charge is 0.394 e. The summed E-state index contributed by atoms with van der Waals surface area (Å²) in [6.07, 6.45) is -0.913. The summed E-state index contributed by atoms with van der Waals surface area (Å²) >= 11 is 13.1. The van der Waals surface area contributed by atoms with E-state index in [4.69, 9.17) is 23.2 Å². The average molecular weight is 597 g/mol. The molecular weight excluding hydrogens is 562 g/mol. The van der Waals surface area contributed by atoms with Gasteiger partial charge in [0.25, 0.3) is 5.91 Å². The lowest BCUT2D eigenvalue weighted by Gasteiger charge is -2.36. The van der Waals surface area contributed by atoms with Gasteiger partial charge >= 0.3 is 6.18 Å². The Hall–Kier alpha value is -1.78. The summed E-state index contributed by atoms with van der Waals surface area (Å²) in [4.78, 5) is 13.1. The van der Waals surface area contributed by atoms with Gasteiger partial charge in [0.2, 0.25) is 0 Å². The van der Waals surface area contributed by atoms with Crippen molar-refractivity contribution in [3.05, 3.63) is 39.5 Å². The highest BCUT2D eigenvalue weighted by molar-refractivity contribution is 7.91. The van der Waals surface area contributed by atoms with Crippen LogP contribution in [-0.2, 0) is 22.8 Å². The van der Waals surface area contributed by atoms with Crippen molar-refractivity contribution in [1.29, 1.82) is 0 Å². The SMILES string of the molecule is CCn1nc(C(=O)NC[C@]2(C)CC[C@@H](S(C)(=O)=O)CC2)c(Cl)c1-c1ccc(CC(C)(C)C(F)(F)F)cc1Cl. The van der Waals surface area contributed by atoms with Crippen molar-refractivity contribution in [3.63, 3.8) is 0 Å². The molecule has 0 aliphatic heterocycles. The van der Waals surface area contributed by atoms with Crippen molar-refractivity contribution in [3.8, 4) is 11.3 Å². The highest BCUT2D eigenvalue weighted by Crippen LogP contribution is 2.42.